The molecule has 1 aromatic carbocycles. The molecule has 0 fully saturated rings. The van der Waals surface area contributed by atoms with E-state index >= 15 is 0 Å². The van der Waals surface area contributed by atoms with Crippen LogP contribution < -0.4 is 15.4 Å². The normalized spacial score (nSPS) is 12.6. The molecule has 0 radical (unpaired) electrons. The van der Waals surface area contributed by atoms with E-state index in [9.17, 15) is 9.59 Å². The molecule has 1 unspecified atom stereocenters. The van der Waals surface area contributed by atoms with Crippen molar-refractivity contribution in [3.63, 3.8) is 0 Å². The molecule has 1 rings (SSSR count). The molecule has 0 saturated heterocycles. The lowest BCUT2D eigenvalue weighted by atomic mass is 9.96. The Balaban J connectivity index is 2.55. The number of rotatable bonds is 8. The Kier molecular flexibility index (Phi) is 7.90. The Labute approximate surface area is 150 Å². The van der Waals surface area contributed by atoms with Crippen LogP contribution >= 0.6 is 0 Å². The van der Waals surface area contributed by atoms with Crippen LogP contribution in [0.4, 0.5) is 0 Å². The van der Waals surface area contributed by atoms with Crippen LogP contribution in [-0.2, 0) is 9.59 Å². The predicted molar refractivity (Wildman–Crippen MR) is 99.5 cm³/mol. The van der Waals surface area contributed by atoms with Crippen molar-refractivity contribution < 1.29 is 14.3 Å². The summed E-state index contributed by atoms with van der Waals surface area (Å²) in [5, 5.41) is 5.72. The van der Waals surface area contributed by atoms with Gasteiger partial charge in [-0.05, 0) is 20.2 Å². The zero-order valence-electron chi connectivity index (χ0n) is 16.2. The van der Waals surface area contributed by atoms with Crippen LogP contribution in [0.3, 0.4) is 0 Å². The standard InChI is InChI=1S/C19H31N3O3/c1-19(2,3)18(24)20-12-11-17(23)21-13-15(22(4)5)14-9-7-8-10-16(14)25-6/h7-10,15H,11-13H2,1-6H3,(H,20,24)(H,21,23). The van der Waals surface area contributed by atoms with E-state index in [1.165, 1.54) is 0 Å². The fourth-order valence-corrected chi connectivity index (χ4v) is 2.37. The molecule has 0 saturated carbocycles. The van der Waals surface area contributed by atoms with Crippen LogP contribution in [0.2, 0.25) is 0 Å². The van der Waals surface area contributed by atoms with E-state index in [1.807, 2.05) is 64.0 Å². The Morgan fingerprint density at radius 3 is 2.36 bits per heavy atom. The second kappa shape index (κ2) is 9.42. The van der Waals surface area contributed by atoms with E-state index in [2.05, 4.69) is 10.6 Å². The van der Waals surface area contributed by atoms with Crippen LogP contribution in [0, 0.1) is 5.41 Å². The number of methoxy groups -OCH3 is 1. The summed E-state index contributed by atoms with van der Waals surface area (Å²) < 4.78 is 5.42. The number of likely N-dealkylation sites (N-methyl/N-ethyl adjacent to an activating group) is 1. The van der Waals surface area contributed by atoms with Crippen molar-refractivity contribution in [2.45, 2.75) is 33.2 Å². The van der Waals surface area contributed by atoms with Gasteiger partial charge in [0.2, 0.25) is 11.8 Å². The maximum atomic E-state index is 12.1. The first-order chi connectivity index (χ1) is 11.7. The van der Waals surface area contributed by atoms with Crippen molar-refractivity contribution in [2.24, 2.45) is 5.41 Å². The second-order valence-corrected chi connectivity index (χ2v) is 7.28. The zero-order valence-corrected chi connectivity index (χ0v) is 16.2. The molecule has 25 heavy (non-hydrogen) atoms. The highest BCUT2D eigenvalue weighted by Crippen LogP contribution is 2.27. The number of para-hydroxylation sites is 1. The molecule has 0 aliphatic carbocycles. The first-order valence-electron chi connectivity index (χ1n) is 8.51. The summed E-state index contributed by atoms with van der Waals surface area (Å²) in [6.07, 6.45) is 0.258. The maximum Gasteiger partial charge on any atom is 0.225 e. The number of amides is 2. The van der Waals surface area contributed by atoms with Gasteiger partial charge in [0, 0.05) is 30.5 Å². The predicted octanol–water partition coefficient (Wildman–Crippen LogP) is 1.97. The molecule has 6 heteroatoms. The lowest BCUT2D eigenvalue weighted by molar-refractivity contribution is -0.128. The molecular formula is C19H31N3O3. The van der Waals surface area contributed by atoms with E-state index < -0.39 is 5.41 Å². The molecule has 1 atom stereocenters. The average molecular weight is 349 g/mol. The molecule has 0 bridgehead atoms. The maximum absolute atomic E-state index is 12.1. The van der Waals surface area contributed by atoms with Gasteiger partial charge in [-0.3, -0.25) is 9.59 Å². The Morgan fingerprint density at radius 2 is 1.80 bits per heavy atom. The Morgan fingerprint density at radius 1 is 1.16 bits per heavy atom. The molecule has 6 nitrogen and oxygen atoms in total. The van der Waals surface area contributed by atoms with Gasteiger partial charge in [-0.1, -0.05) is 39.0 Å². The Hall–Kier alpha value is -2.08. The largest absolute Gasteiger partial charge is 0.496 e. The second-order valence-electron chi connectivity index (χ2n) is 7.28. The fraction of sp³-hybridized carbons (Fsp3) is 0.579. The molecule has 1 aromatic rings. The van der Waals surface area contributed by atoms with Crippen LogP contribution in [-0.4, -0.2) is 51.0 Å². The van der Waals surface area contributed by atoms with Crippen molar-refractivity contribution in [3.8, 4) is 5.75 Å². The molecule has 2 N–H and O–H groups in total. The van der Waals surface area contributed by atoms with Gasteiger partial charge in [-0.25, -0.2) is 0 Å². The first kappa shape index (κ1) is 21.0. The van der Waals surface area contributed by atoms with Gasteiger partial charge in [0.15, 0.2) is 0 Å². The van der Waals surface area contributed by atoms with Crippen molar-refractivity contribution in [3.05, 3.63) is 29.8 Å². The number of ether oxygens (including phenoxy) is 1. The minimum Gasteiger partial charge on any atom is -0.496 e. The molecular weight excluding hydrogens is 318 g/mol. The highest BCUT2D eigenvalue weighted by molar-refractivity contribution is 5.82. The zero-order chi connectivity index (χ0) is 19.0. The van der Waals surface area contributed by atoms with Gasteiger partial charge in [0.05, 0.1) is 13.2 Å². The number of nitrogens with zero attached hydrogens (tertiary/aromatic N) is 1. The summed E-state index contributed by atoms with van der Waals surface area (Å²) >= 11 is 0. The molecule has 0 aliphatic rings. The van der Waals surface area contributed by atoms with E-state index in [1.54, 1.807) is 7.11 Å². The number of carbonyl (C=O) groups excluding carboxylic acids is 2. The Bertz CT molecular complexity index is 580. The van der Waals surface area contributed by atoms with Crippen molar-refractivity contribution in [1.29, 1.82) is 0 Å². The number of hydrogen-bond donors (Lipinski definition) is 2. The SMILES string of the molecule is COc1ccccc1C(CNC(=O)CCNC(=O)C(C)(C)C)N(C)C. The molecule has 0 spiro atoms. The third-order valence-electron chi connectivity index (χ3n) is 3.93. The first-order valence-corrected chi connectivity index (χ1v) is 8.51. The van der Waals surface area contributed by atoms with E-state index in [4.69, 9.17) is 4.74 Å². The number of benzene rings is 1. The lowest BCUT2D eigenvalue weighted by Gasteiger charge is -2.26. The van der Waals surface area contributed by atoms with E-state index in [0.717, 1.165) is 11.3 Å². The van der Waals surface area contributed by atoms with Gasteiger partial charge in [-0.2, -0.15) is 0 Å². The van der Waals surface area contributed by atoms with Gasteiger partial charge >= 0.3 is 0 Å². The summed E-state index contributed by atoms with van der Waals surface area (Å²) in [6, 6.07) is 7.79. The van der Waals surface area contributed by atoms with Crippen molar-refractivity contribution in [2.75, 3.05) is 34.3 Å². The van der Waals surface area contributed by atoms with Crippen molar-refractivity contribution in [1.82, 2.24) is 15.5 Å². The highest BCUT2D eigenvalue weighted by atomic mass is 16.5. The van der Waals surface area contributed by atoms with Crippen LogP contribution in [0.25, 0.3) is 0 Å². The summed E-state index contributed by atoms with van der Waals surface area (Å²) in [6.45, 7) is 6.34. The molecule has 2 amide bonds. The van der Waals surface area contributed by atoms with Crippen LogP contribution in [0.5, 0.6) is 5.75 Å². The van der Waals surface area contributed by atoms with Crippen molar-refractivity contribution >= 4 is 11.8 Å². The topological polar surface area (TPSA) is 70.7 Å². The summed E-state index contributed by atoms with van der Waals surface area (Å²) in [5.74, 6) is 0.657. The highest BCUT2D eigenvalue weighted by Gasteiger charge is 2.21. The van der Waals surface area contributed by atoms with Gasteiger partial charge in [0.1, 0.15) is 5.75 Å². The molecule has 0 heterocycles. The van der Waals surface area contributed by atoms with Crippen LogP contribution in [0.1, 0.15) is 38.8 Å². The number of hydrogen-bond acceptors (Lipinski definition) is 4. The van der Waals surface area contributed by atoms with E-state index in [-0.39, 0.29) is 24.3 Å². The fourth-order valence-electron chi connectivity index (χ4n) is 2.37. The molecule has 140 valence electrons. The molecule has 0 aromatic heterocycles. The van der Waals surface area contributed by atoms with Gasteiger partial charge in [0.25, 0.3) is 0 Å². The number of carbonyl (C=O) groups is 2. The minimum absolute atomic E-state index is 0.00395. The quantitative estimate of drug-likeness (QED) is 0.753. The summed E-state index contributed by atoms with van der Waals surface area (Å²) in [7, 11) is 5.57. The van der Waals surface area contributed by atoms with E-state index in [0.29, 0.717) is 13.1 Å². The number of nitrogens with one attached hydrogen (secondary N) is 2. The third-order valence-corrected chi connectivity index (χ3v) is 3.93. The smallest absolute Gasteiger partial charge is 0.225 e. The third kappa shape index (κ3) is 6.74. The minimum atomic E-state index is -0.448. The summed E-state index contributed by atoms with van der Waals surface area (Å²) in [5.41, 5.74) is 0.576. The van der Waals surface area contributed by atoms with Gasteiger partial charge in [-0.15, -0.1) is 0 Å². The monoisotopic (exact) mass is 349 g/mol. The van der Waals surface area contributed by atoms with Crippen LogP contribution in [0.15, 0.2) is 24.3 Å². The average Bonchev–Trinajstić information content (AvgIpc) is 2.54. The summed E-state index contributed by atoms with van der Waals surface area (Å²) in [4.78, 5) is 25.9. The lowest BCUT2D eigenvalue weighted by Crippen LogP contribution is -2.39. The molecule has 0 aliphatic heterocycles. The van der Waals surface area contributed by atoms with Gasteiger partial charge < -0.3 is 20.3 Å².